The molecule has 0 saturated carbocycles. The minimum absolute atomic E-state index is 0.154. The normalized spacial score (nSPS) is 10.0. The second-order valence-corrected chi connectivity index (χ2v) is 4.53. The summed E-state index contributed by atoms with van der Waals surface area (Å²) in [5.41, 5.74) is -1.66. The van der Waals surface area contributed by atoms with Gasteiger partial charge >= 0.3 is 5.69 Å². The maximum atomic E-state index is 11.7. The zero-order valence-electron chi connectivity index (χ0n) is 9.66. The van der Waals surface area contributed by atoms with Gasteiger partial charge in [-0.25, -0.2) is 4.79 Å². The van der Waals surface area contributed by atoms with E-state index in [0.29, 0.717) is 0 Å². The third kappa shape index (κ3) is 2.36. The van der Waals surface area contributed by atoms with Crippen LogP contribution in [0, 0.1) is 21.4 Å². The molecular formula is C11H5BrN4O4. The average molecular weight is 337 g/mol. The van der Waals surface area contributed by atoms with Crippen LogP contribution in [0.5, 0.6) is 0 Å². The molecule has 2 aromatic rings. The van der Waals surface area contributed by atoms with Gasteiger partial charge in [-0.1, -0.05) is 0 Å². The van der Waals surface area contributed by atoms with E-state index < -0.39 is 16.2 Å². The van der Waals surface area contributed by atoms with Crippen molar-refractivity contribution in [3.63, 3.8) is 0 Å². The van der Waals surface area contributed by atoms with Crippen LogP contribution in [0.4, 0.5) is 5.69 Å². The van der Waals surface area contributed by atoms with E-state index in [9.17, 15) is 19.7 Å². The molecule has 0 saturated heterocycles. The third-order valence-electron chi connectivity index (χ3n) is 2.46. The van der Waals surface area contributed by atoms with Gasteiger partial charge in [-0.3, -0.25) is 24.5 Å². The summed E-state index contributed by atoms with van der Waals surface area (Å²) in [5, 5.41) is 19.4. The van der Waals surface area contributed by atoms with Gasteiger partial charge in [0.25, 0.3) is 11.2 Å². The van der Waals surface area contributed by atoms with E-state index >= 15 is 0 Å². The number of nitro benzene ring substituents is 1. The molecule has 0 unspecified atom stereocenters. The van der Waals surface area contributed by atoms with Gasteiger partial charge in [-0.15, -0.1) is 0 Å². The quantitative estimate of drug-likeness (QED) is 0.649. The molecule has 0 aliphatic carbocycles. The number of nitrogens with zero attached hydrogens (tertiary/aromatic N) is 3. The van der Waals surface area contributed by atoms with Gasteiger partial charge in [-0.2, -0.15) is 5.26 Å². The molecule has 1 aromatic heterocycles. The smallest absolute Gasteiger partial charge is 0.273 e. The van der Waals surface area contributed by atoms with Crippen LogP contribution in [0.15, 0.2) is 38.5 Å². The largest absolute Gasteiger partial charge is 0.333 e. The maximum absolute atomic E-state index is 11.7. The Morgan fingerprint density at radius 1 is 1.40 bits per heavy atom. The molecule has 1 aromatic carbocycles. The fourth-order valence-electron chi connectivity index (χ4n) is 1.53. The summed E-state index contributed by atoms with van der Waals surface area (Å²) in [4.78, 5) is 35.1. The maximum Gasteiger partial charge on any atom is 0.333 e. The minimum atomic E-state index is -0.785. The molecule has 1 heterocycles. The number of nitrogens with one attached hydrogen (secondary N) is 1. The molecule has 100 valence electrons. The lowest BCUT2D eigenvalue weighted by molar-refractivity contribution is -0.384. The molecule has 9 heteroatoms. The molecule has 0 radical (unpaired) electrons. The molecule has 0 spiro atoms. The van der Waals surface area contributed by atoms with Gasteiger partial charge < -0.3 is 0 Å². The van der Waals surface area contributed by atoms with Gasteiger partial charge in [-0.05, 0) is 22.0 Å². The summed E-state index contributed by atoms with van der Waals surface area (Å²) >= 11 is 3.11. The van der Waals surface area contributed by atoms with Gasteiger partial charge in [0.1, 0.15) is 11.6 Å². The van der Waals surface area contributed by atoms with Gasteiger partial charge in [0.05, 0.1) is 10.6 Å². The Balaban J connectivity index is 2.70. The van der Waals surface area contributed by atoms with Crippen molar-refractivity contribution in [2.75, 3.05) is 0 Å². The highest BCUT2D eigenvalue weighted by molar-refractivity contribution is 9.10. The Labute approximate surface area is 119 Å². The van der Waals surface area contributed by atoms with Crippen LogP contribution in [0.1, 0.15) is 5.56 Å². The highest BCUT2D eigenvalue weighted by atomic mass is 79.9. The Kier molecular flexibility index (Phi) is 3.49. The van der Waals surface area contributed by atoms with E-state index in [1.807, 2.05) is 4.98 Å². The predicted octanol–water partition coefficient (Wildman–Crippen LogP) is 1.07. The fourth-order valence-corrected chi connectivity index (χ4v) is 2.09. The molecule has 20 heavy (non-hydrogen) atoms. The van der Waals surface area contributed by atoms with Crippen molar-refractivity contribution in [3.05, 3.63) is 65.4 Å². The van der Waals surface area contributed by atoms with Gasteiger partial charge in [0.2, 0.25) is 0 Å². The number of nitriles is 1. The number of benzene rings is 1. The second-order valence-electron chi connectivity index (χ2n) is 3.68. The lowest BCUT2D eigenvalue weighted by Gasteiger charge is -2.07. The number of aromatic amines is 1. The summed E-state index contributed by atoms with van der Waals surface area (Å²) in [5.74, 6) is 0. The first kappa shape index (κ1) is 13.7. The molecule has 0 aliphatic rings. The summed E-state index contributed by atoms with van der Waals surface area (Å²) in [6, 6.07) is 5.42. The number of rotatable bonds is 2. The van der Waals surface area contributed by atoms with E-state index in [-0.39, 0.29) is 21.4 Å². The predicted molar refractivity (Wildman–Crippen MR) is 71.7 cm³/mol. The summed E-state index contributed by atoms with van der Waals surface area (Å²) in [6.45, 7) is 0. The summed E-state index contributed by atoms with van der Waals surface area (Å²) in [7, 11) is 0. The van der Waals surface area contributed by atoms with Crippen LogP contribution < -0.4 is 11.2 Å². The number of non-ortho nitro benzene ring substituents is 1. The first-order valence-electron chi connectivity index (χ1n) is 5.14. The van der Waals surface area contributed by atoms with Gasteiger partial charge in [0, 0.05) is 22.8 Å². The number of nitro groups is 1. The molecule has 0 bridgehead atoms. The molecular weight excluding hydrogens is 332 g/mol. The minimum Gasteiger partial charge on any atom is -0.273 e. The highest BCUT2D eigenvalue weighted by Gasteiger charge is 2.13. The van der Waals surface area contributed by atoms with Crippen molar-refractivity contribution >= 4 is 21.6 Å². The van der Waals surface area contributed by atoms with Crippen molar-refractivity contribution in [2.24, 2.45) is 0 Å². The van der Waals surface area contributed by atoms with Crippen LogP contribution in [0.25, 0.3) is 5.69 Å². The third-order valence-corrected chi connectivity index (χ3v) is 3.10. The van der Waals surface area contributed by atoms with Crippen molar-refractivity contribution in [2.45, 2.75) is 0 Å². The first-order valence-corrected chi connectivity index (χ1v) is 5.93. The molecule has 2 rings (SSSR count). The molecule has 0 atom stereocenters. The standard InChI is InChI=1S/C11H5BrN4O4/c12-8-3-7(16(19)20)1-2-9(8)15-5-6(4-13)10(17)14-11(15)18/h1-3,5H,(H,14,17,18). The molecule has 0 fully saturated rings. The molecule has 0 aliphatic heterocycles. The zero-order chi connectivity index (χ0) is 14.9. The number of aromatic nitrogens is 2. The van der Waals surface area contributed by atoms with E-state index in [4.69, 9.17) is 5.26 Å². The Hall–Kier alpha value is -2.73. The molecule has 1 N–H and O–H groups in total. The van der Waals surface area contributed by atoms with Crippen molar-refractivity contribution in [1.82, 2.24) is 9.55 Å². The first-order chi connectivity index (χ1) is 9.43. The zero-order valence-corrected chi connectivity index (χ0v) is 11.2. The Morgan fingerprint density at radius 2 is 2.10 bits per heavy atom. The number of halogens is 1. The SMILES string of the molecule is N#Cc1cn(-c2ccc([N+](=O)[O-])cc2Br)c(=O)[nH]c1=O. The van der Waals surface area contributed by atoms with Crippen LogP contribution in [-0.4, -0.2) is 14.5 Å². The lowest BCUT2D eigenvalue weighted by atomic mass is 10.2. The van der Waals surface area contributed by atoms with Crippen LogP contribution in [-0.2, 0) is 0 Å². The second kappa shape index (κ2) is 5.10. The van der Waals surface area contributed by atoms with Crippen molar-refractivity contribution < 1.29 is 4.92 Å². The lowest BCUT2D eigenvalue weighted by Crippen LogP contribution is -2.30. The van der Waals surface area contributed by atoms with E-state index in [2.05, 4.69) is 15.9 Å². The van der Waals surface area contributed by atoms with Crippen LogP contribution in [0.2, 0.25) is 0 Å². The molecule has 8 nitrogen and oxygen atoms in total. The Bertz CT molecular complexity index is 862. The van der Waals surface area contributed by atoms with Gasteiger partial charge in [0.15, 0.2) is 0 Å². The van der Waals surface area contributed by atoms with E-state index in [0.717, 1.165) is 10.8 Å². The Morgan fingerprint density at radius 3 is 2.65 bits per heavy atom. The molecule has 0 amide bonds. The fraction of sp³-hybridized carbons (Fsp3) is 0. The van der Waals surface area contributed by atoms with Crippen molar-refractivity contribution in [3.8, 4) is 11.8 Å². The van der Waals surface area contributed by atoms with E-state index in [1.54, 1.807) is 6.07 Å². The highest BCUT2D eigenvalue weighted by Crippen LogP contribution is 2.25. The number of H-pyrrole nitrogens is 1. The summed E-state index contributed by atoms with van der Waals surface area (Å²) < 4.78 is 1.30. The summed E-state index contributed by atoms with van der Waals surface area (Å²) in [6.07, 6.45) is 1.08. The average Bonchev–Trinajstić information content (AvgIpc) is 2.39. The topological polar surface area (TPSA) is 122 Å². The number of hydrogen-bond donors (Lipinski definition) is 1. The monoisotopic (exact) mass is 336 g/mol. The van der Waals surface area contributed by atoms with Crippen molar-refractivity contribution in [1.29, 1.82) is 5.26 Å². The van der Waals surface area contributed by atoms with Crippen LogP contribution >= 0.6 is 15.9 Å². The van der Waals surface area contributed by atoms with Crippen LogP contribution in [0.3, 0.4) is 0 Å². The van der Waals surface area contributed by atoms with E-state index in [1.165, 1.54) is 18.2 Å². The number of hydrogen-bond acceptors (Lipinski definition) is 5.